The Hall–Kier alpha value is -2.05. The largest absolute Gasteiger partial charge is 0.492 e. The minimum absolute atomic E-state index is 0.221. The Morgan fingerprint density at radius 2 is 1.50 bits per heavy atom. The van der Waals surface area contributed by atoms with Crippen molar-refractivity contribution in [2.45, 2.75) is 32.8 Å². The number of nitrogens with zero attached hydrogens (tertiary/aromatic N) is 2. The summed E-state index contributed by atoms with van der Waals surface area (Å²) in [5.41, 5.74) is 2.11. The fourth-order valence-electron chi connectivity index (χ4n) is 3.31. The summed E-state index contributed by atoms with van der Waals surface area (Å²) in [6.07, 6.45) is 0.691. The lowest BCUT2D eigenvalue weighted by atomic mass is 10.1. The number of benzene rings is 2. The Morgan fingerprint density at radius 1 is 0.933 bits per heavy atom. The van der Waals surface area contributed by atoms with Crippen LogP contribution in [0.15, 0.2) is 53.0 Å². The normalized spacial score (nSPS) is 15.1. The fourth-order valence-corrected chi connectivity index (χ4v) is 3.58. The summed E-state index contributed by atoms with van der Waals surface area (Å²) < 4.78 is 12.5. The molecule has 1 amide bonds. The number of ether oxygens (including phenoxy) is 2. The van der Waals surface area contributed by atoms with Crippen molar-refractivity contribution in [2.24, 2.45) is 0 Å². The third-order valence-corrected chi connectivity index (χ3v) is 5.47. The molecular weight excluding hydrogens is 444 g/mol. The minimum atomic E-state index is -0.449. The average molecular weight is 475 g/mol. The third-order valence-electron chi connectivity index (χ3n) is 4.95. The van der Waals surface area contributed by atoms with E-state index in [-0.39, 0.29) is 6.09 Å². The van der Waals surface area contributed by atoms with E-state index in [2.05, 4.69) is 57.2 Å². The maximum atomic E-state index is 12.1. The van der Waals surface area contributed by atoms with E-state index in [1.165, 1.54) is 11.1 Å². The zero-order valence-corrected chi connectivity index (χ0v) is 19.7. The van der Waals surface area contributed by atoms with Crippen LogP contribution in [0.5, 0.6) is 5.75 Å². The van der Waals surface area contributed by atoms with Crippen LogP contribution in [-0.4, -0.2) is 60.8 Å². The zero-order valence-electron chi connectivity index (χ0n) is 18.1. The number of rotatable bonds is 6. The van der Waals surface area contributed by atoms with Crippen LogP contribution in [-0.2, 0) is 11.2 Å². The van der Waals surface area contributed by atoms with Crippen molar-refractivity contribution in [1.29, 1.82) is 0 Å². The van der Waals surface area contributed by atoms with Gasteiger partial charge in [-0.25, -0.2) is 4.79 Å². The van der Waals surface area contributed by atoms with Gasteiger partial charge in [-0.3, -0.25) is 4.90 Å². The van der Waals surface area contributed by atoms with Crippen LogP contribution >= 0.6 is 15.9 Å². The monoisotopic (exact) mass is 474 g/mol. The van der Waals surface area contributed by atoms with Crippen molar-refractivity contribution in [3.63, 3.8) is 0 Å². The number of hydrogen-bond acceptors (Lipinski definition) is 4. The van der Waals surface area contributed by atoms with Crippen molar-refractivity contribution in [2.75, 3.05) is 39.3 Å². The Balaban J connectivity index is 1.36. The summed E-state index contributed by atoms with van der Waals surface area (Å²) in [7, 11) is 0. The van der Waals surface area contributed by atoms with Crippen LogP contribution < -0.4 is 4.74 Å². The van der Waals surface area contributed by atoms with E-state index in [0.29, 0.717) is 19.7 Å². The van der Waals surface area contributed by atoms with Gasteiger partial charge in [0.05, 0.1) is 0 Å². The predicted molar refractivity (Wildman–Crippen MR) is 123 cm³/mol. The first kappa shape index (κ1) is 22.6. The molecule has 0 aliphatic carbocycles. The first-order chi connectivity index (χ1) is 14.3. The molecule has 5 nitrogen and oxygen atoms in total. The van der Waals surface area contributed by atoms with Gasteiger partial charge in [0.15, 0.2) is 0 Å². The zero-order chi connectivity index (χ0) is 21.6. The molecule has 0 radical (unpaired) electrons. The molecule has 0 unspecified atom stereocenters. The van der Waals surface area contributed by atoms with E-state index >= 15 is 0 Å². The van der Waals surface area contributed by atoms with Crippen molar-refractivity contribution in [1.82, 2.24) is 9.80 Å². The molecule has 0 saturated carbocycles. The van der Waals surface area contributed by atoms with E-state index in [4.69, 9.17) is 9.47 Å². The summed E-state index contributed by atoms with van der Waals surface area (Å²) in [4.78, 5) is 16.2. The summed E-state index contributed by atoms with van der Waals surface area (Å²) in [6.45, 7) is 10.2. The molecule has 1 fully saturated rings. The molecule has 2 aromatic carbocycles. The van der Waals surface area contributed by atoms with Gasteiger partial charge in [0, 0.05) is 37.2 Å². The fraction of sp³-hybridized carbons (Fsp3) is 0.458. The Labute approximate surface area is 188 Å². The van der Waals surface area contributed by atoms with Gasteiger partial charge in [0.1, 0.15) is 18.0 Å². The molecule has 0 aromatic heterocycles. The second-order valence-corrected chi connectivity index (χ2v) is 9.52. The Bertz CT molecular complexity index is 808. The van der Waals surface area contributed by atoms with E-state index in [9.17, 15) is 4.79 Å². The number of amides is 1. The maximum Gasteiger partial charge on any atom is 0.410 e. The van der Waals surface area contributed by atoms with Crippen LogP contribution in [0.25, 0.3) is 0 Å². The second kappa shape index (κ2) is 10.3. The molecule has 1 saturated heterocycles. The highest BCUT2D eigenvalue weighted by Crippen LogP contribution is 2.17. The SMILES string of the molecule is CC(C)(C)OC(=O)N1CCN(CCOc2ccc(Cc3ccc(Br)cc3)cc2)CC1. The Morgan fingerprint density at radius 3 is 2.07 bits per heavy atom. The van der Waals surface area contributed by atoms with Gasteiger partial charge in [-0.05, 0) is 62.6 Å². The average Bonchev–Trinajstić information content (AvgIpc) is 2.70. The number of carbonyl (C=O) groups is 1. The third kappa shape index (κ3) is 7.33. The molecule has 0 atom stereocenters. The molecule has 1 heterocycles. The maximum absolute atomic E-state index is 12.1. The smallest absolute Gasteiger partial charge is 0.410 e. The number of halogens is 1. The van der Waals surface area contributed by atoms with Gasteiger partial charge < -0.3 is 14.4 Å². The van der Waals surface area contributed by atoms with Crippen LogP contribution in [0, 0.1) is 0 Å². The van der Waals surface area contributed by atoms with Crippen molar-refractivity contribution >= 4 is 22.0 Å². The summed E-state index contributed by atoms with van der Waals surface area (Å²) >= 11 is 3.47. The van der Waals surface area contributed by atoms with Gasteiger partial charge in [0.25, 0.3) is 0 Å². The van der Waals surface area contributed by atoms with E-state index in [1.807, 2.05) is 32.9 Å². The van der Waals surface area contributed by atoms with Gasteiger partial charge >= 0.3 is 6.09 Å². The molecular formula is C24H31BrN2O3. The highest BCUT2D eigenvalue weighted by Gasteiger charge is 2.25. The molecule has 162 valence electrons. The van der Waals surface area contributed by atoms with Gasteiger partial charge in [-0.2, -0.15) is 0 Å². The summed E-state index contributed by atoms with van der Waals surface area (Å²) in [6, 6.07) is 16.7. The summed E-state index contributed by atoms with van der Waals surface area (Å²) in [5, 5.41) is 0. The molecule has 1 aliphatic rings. The van der Waals surface area contributed by atoms with Gasteiger partial charge in [-0.1, -0.05) is 40.2 Å². The molecule has 6 heteroatoms. The van der Waals surface area contributed by atoms with Crippen LogP contribution in [0.4, 0.5) is 4.79 Å². The Kier molecular flexibility index (Phi) is 7.78. The first-order valence-electron chi connectivity index (χ1n) is 10.4. The number of piperazine rings is 1. The van der Waals surface area contributed by atoms with E-state index in [0.717, 1.165) is 36.3 Å². The van der Waals surface area contributed by atoms with Gasteiger partial charge in [0.2, 0.25) is 0 Å². The molecule has 0 spiro atoms. The molecule has 2 aromatic rings. The molecule has 0 bridgehead atoms. The second-order valence-electron chi connectivity index (χ2n) is 8.60. The van der Waals surface area contributed by atoms with E-state index < -0.39 is 5.60 Å². The lowest BCUT2D eigenvalue weighted by Crippen LogP contribution is -2.50. The van der Waals surface area contributed by atoms with Crippen molar-refractivity contribution in [3.8, 4) is 5.75 Å². The predicted octanol–water partition coefficient (Wildman–Crippen LogP) is 4.97. The molecule has 0 N–H and O–H groups in total. The van der Waals surface area contributed by atoms with E-state index in [1.54, 1.807) is 4.90 Å². The first-order valence-corrected chi connectivity index (χ1v) is 11.2. The molecule has 30 heavy (non-hydrogen) atoms. The van der Waals surface area contributed by atoms with Crippen molar-refractivity contribution in [3.05, 3.63) is 64.1 Å². The molecule has 3 rings (SSSR count). The quantitative estimate of drug-likeness (QED) is 0.592. The van der Waals surface area contributed by atoms with Crippen molar-refractivity contribution < 1.29 is 14.3 Å². The number of hydrogen-bond donors (Lipinski definition) is 0. The topological polar surface area (TPSA) is 42.0 Å². The lowest BCUT2D eigenvalue weighted by Gasteiger charge is -2.35. The highest BCUT2D eigenvalue weighted by molar-refractivity contribution is 9.10. The standard InChI is InChI=1S/C24H31BrN2O3/c1-24(2,3)30-23(28)27-14-12-26(13-15-27)16-17-29-22-10-6-20(7-11-22)18-19-4-8-21(25)9-5-19/h4-11H,12-18H2,1-3H3. The van der Waals surface area contributed by atoms with Crippen LogP contribution in [0.2, 0.25) is 0 Å². The lowest BCUT2D eigenvalue weighted by molar-refractivity contribution is 0.0137. The number of carbonyl (C=O) groups excluding carboxylic acids is 1. The van der Waals surface area contributed by atoms with Crippen LogP contribution in [0.1, 0.15) is 31.9 Å². The summed E-state index contributed by atoms with van der Waals surface area (Å²) in [5.74, 6) is 0.891. The highest BCUT2D eigenvalue weighted by atomic mass is 79.9. The van der Waals surface area contributed by atoms with Crippen LogP contribution in [0.3, 0.4) is 0 Å². The van der Waals surface area contributed by atoms with Gasteiger partial charge in [-0.15, -0.1) is 0 Å². The minimum Gasteiger partial charge on any atom is -0.492 e. The molecule has 1 aliphatic heterocycles.